The average molecular weight is 422 g/mol. The van der Waals surface area contributed by atoms with Crippen LogP contribution in [0.2, 0.25) is 0 Å². The molecule has 5 rings (SSSR count). The van der Waals surface area contributed by atoms with Crippen molar-refractivity contribution in [2.75, 3.05) is 6.79 Å². The summed E-state index contributed by atoms with van der Waals surface area (Å²) in [5.74, 6) is 1.71. The number of nitrogens with one attached hydrogen (secondary N) is 2. The van der Waals surface area contributed by atoms with E-state index >= 15 is 0 Å². The zero-order valence-corrected chi connectivity index (χ0v) is 16.9. The summed E-state index contributed by atoms with van der Waals surface area (Å²) in [7, 11) is 0. The quantitative estimate of drug-likeness (QED) is 0.456. The highest BCUT2D eigenvalue weighted by Crippen LogP contribution is 2.33. The molecular weight excluding hydrogens is 404 g/mol. The number of carbonyl (C=O) groups excluding carboxylic acids is 1. The van der Waals surface area contributed by atoms with Crippen molar-refractivity contribution in [3.8, 4) is 23.0 Å². The minimum atomic E-state index is -0.393. The Labute approximate surface area is 176 Å². The van der Waals surface area contributed by atoms with E-state index in [4.69, 9.17) is 13.9 Å². The van der Waals surface area contributed by atoms with Gasteiger partial charge in [-0.1, -0.05) is 36.0 Å². The molecule has 3 heterocycles. The lowest BCUT2D eigenvalue weighted by molar-refractivity contribution is -0.120. The van der Waals surface area contributed by atoms with Crippen molar-refractivity contribution in [1.29, 1.82) is 0 Å². The lowest BCUT2D eigenvalue weighted by Gasteiger charge is -2.10. The molecule has 0 radical (unpaired) electrons. The van der Waals surface area contributed by atoms with Gasteiger partial charge in [-0.25, -0.2) is 0 Å². The van der Waals surface area contributed by atoms with Crippen LogP contribution in [0.3, 0.4) is 0 Å². The summed E-state index contributed by atoms with van der Waals surface area (Å²) in [6, 6.07) is 13.5. The molecule has 1 aliphatic rings. The zero-order chi connectivity index (χ0) is 20.5. The number of para-hydroxylation sites is 1. The number of ether oxygens (including phenoxy) is 2. The molecule has 8 nitrogen and oxygen atoms in total. The number of thioether (sulfide) groups is 1. The molecule has 0 saturated heterocycles. The van der Waals surface area contributed by atoms with Crippen LogP contribution in [-0.4, -0.2) is 33.1 Å². The molecule has 1 aliphatic heterocycles. The second-order valence-electron chi connectivity index (χ2n) is 6.79. The smallest absolute Gasteiger partial charge is 0.277 e. The third kappa shape index (κ3) is 3.59. The second kappa shape index (κ2) is 7.75. The Bertz CT molecular complexity index is 1220. The predicted molar refractivity (Wildman–Crippen MR) is 111 cm³/mol. The van der Waals surface area contributed by atoms with Crippen molar-refractivity contribution in [1.82, 2.24) is 20.5 Å². The first-order valence-electron chi connectivity index (χ1n) is 9.40. The summed E-state index contributed by atoms with van der Waals surface area (Å²) in [5.41, 5.74) is 2.77. The van der Waals surface area contributed by atoms with Crippen LogP contribution >= 0.6 is 11.8 Å². The van der Waals surface area contributed by atoms with Crippen LogP contribution < -0.4 is 14.8 Å². The average Bonchev–Trinajstić information content (AvgIpc) is 3.50. The fraction of sp³-hybridized carbons (Fsp3) is 0.190. The Hall–Kier alpha value is -3.46. The highest BCUT2D eigenvalue weighted by atomic mass is 32.2. The van der Waals surface area contributed by atoms with Crippen molar-refractivity contribution >= 4 is 28.6 Å². The first-order chi connectivity index (χ1) is 14.7. The lowest BCUT2D eigenvalue weighted by atomic mass is 10.2. The molecule has 0 unspecified atom stereocenters. The van der Waals surface area contributed by atoms with Crippen LogP contribution in [0.5, 0.6) is 11.5 Å². The maximum atomic E-state index is 12.5. The van der Waals surface area contributed by atoms with Gasteiger partial charge in [0.05, 0.1) is 10.8 Å². The van der Waals surface area contributed by atoms with Gasteiger partial charge < -0.3 is 24.2 Å². The molecule has 2 N–H and O–H groups in total. The SMILES string of the molecule is C[C@@H](Sc1nnc(-c2c[nH]c3ccccc23)o1)C(=O)NCc1ccc2c(c1)OCO2. The maximum absolute atomic E-state index is 12.5. The number of fused-ring (bicyclic) bond motifs is 2. The number of nitrogens with zero attached hydrogens (tertiary/aromatic N) is 2. The highest BCUT2D eigenvalue weighted by Gasteiger charge is 2.20. The maximum Gasteiger partial charge on any atom is 0.277 e. The number of rotatable bonds is 6. The summed E-state index contributed by atoms with van der Waals surface area (Å²) in [6.07, 6.45) is 1.84. The lowest BCUT2D eigenvalue weighted by Crippen LogP contribution is -2.30. The van der Waals surface area contributed by atoms with Gasteiger partial charge in [-0.15, -0.1) is 10.2 Å². The van der Waals surface area contributed by atoms with Gasteiger partial charge in [-0.2, -0.15) is 0 Å². The van der Waals surface area contributed by atoms with E-state index in [1.807, 2.05) is 48.7 Å². The number of amides is 1. The summed E-state index contributed by atoms with van der Waals surface area (Å²) in [4.78, 5) is 15.7. The summed E-state index contributed by atoms with van der Waals surface area (Å²) in [5, 5.41) is 12.1. The number of aromatic nitrogens is 3. The second-order valence-corrected chi connectivity index (χ2v) is 8.08. The fourth-order valence-corrected chi connectivity index (χ4v) is 3.91. The van der Waals surface area contributed by atoms with Gasteiger partial charge in [0, 0.05) is 23.6 Å². The molecule has 152 valence electrons. The van der Waals surface area contributed by atoms with Crippen LogP contribution in [0.4, 0.5) is 0 Å². The van der Waals surface area contributed by atoms with E-state index in [-0.39, 0.29) is 12.7 Å². The van der Waals surface area contributed by atoms with E-state index in [0.29, 0.717) is 23.4 Å². The van der Waals surface area contributed by atoms with Crippen molar-refractivity contribution in [2.45, 2.75) is 23.9 Å². The van der Waals surface area contributed by atoms with Crippen molar-refractivity contribution in [3.05, 3.63) is 54.2 Å². The first kappa shape index (κ1) is 18.6. The third-order valence-corrected chi connectivity index (χ3v) is 5.71. The van der Waals surface area contributed by atoms with Gasteiger partial charge in [-0.3, -0.25) is 4.79 Å². The number of benzene rings is 2. The number of aromatic amines is 1. The van der Waals surface area contributed by atoms with Gasteiger partial charge in [0.2, 0.25) is 12.7 Å². The Morgan fingerprint density at radius 2 is 2.07 bits per heavy atom. The van der Waals surface area contributed by atoms with E-state index in [2.05, 4.69) is 20.5 Å². The molecule has 9 heteroatoms. The Balaban J connectivity index is 1.21. The molecule has 2 aromatic carbocycles. The third-order valence-electron chi connectivity index (χ3n) is 4.78. The standard InChI is InChI=1S/C21H18N4O4S/c1-12(19(26)23-9-13-6-7-17-18(8-13)28-11-27-17)30-21-25-24-20(29-21)15-10-22-16-5-3-2-4-14(15)16/h2-8,10,12,22H,9,11H2,1H3,(H,23,26)/t12-/m1/s1. The van der Waals surface area contributed by atoms with Gasteiger partial charge in [0.1, 0.15) is 0 Å². The van der Waals surface area contributed by atoms with Crippen molar-refractivity contribution in [2.24, 2.45) is 0 Å². The topological polar surface area (TPSA) is 102 Å². The summed E-state index contributed by atoms with van der Waals surface area (Å²) in [6.45, 7) is 2.42. The normalized spacial score (nSPS) is 13.5. The molecule has 0 fully saturated rings. The zero-order valence-electron chi connectivity index (χ0n) is 16.0. The van der Waals surface area contributed by atoms with Crippen LogP contribution in [0.15, 0.2) is 58.3 Å². The van der Waals surface area contributed by atoms with Crippen molar-refractivity contribution < 1.29 is 18.7 Å². The van der Waals surface area contributed by atoms with Crippen LogP contribution in [0.25, 0.3) is 22.4 Å². The van der Waals surface area contributed by atoms with E-state index in [0.717, 1.165) is 27.8 Å². The Morgan fingerprint density at radius 1 is 1.20 bits per heavy atom. The molecule has 4 aromatic rings. The van der Waals surface area contributed by atoms with Gasteiger partial charge in [0.25, 0.3) is 11.1 Å². The molecule has 1 amide bonds. The number of H-pyrrole nitrogens is 1. The van der Waals surface area contributed by atoms with E-state index < -0.39 is 5.25 Å². The van der Waals surface area contributed by atoms with E-state index in [1.54, 1.807) is 6.92 Å². The Morgan fingerprint density at radius 3 is 3.00 bits per heavy atom. The molecule has 0 saturated carbocycles. The van der Waals surface area contributed by atoms with Crippen LogP contribution in [0.1, 0.15) is 12.5 Å². The highest BCUT2D eigenvalue weighted by molar-refractivity contribution is 8.00. The predicted octanol–water partition coefficient (Wildman–Crippen LogP) is 3.74. The number of carbonyl (C=O) groups is 1. The van der Waals surface area contributed by atoms with E-state index in [9.17, 15) is 4.79 Å². The molecule has 0 aliphatic carbocycles. The fourth-order valence-electron chi connectivity index (χ4n) is 3.20. The molecular formula is C21H18N4O4S. The monoisotopic (exact) mass is 422 g/mol. The van der Waals surface area contributed by atoms with Crippen LogP contribution in [0, 0.1) is 0 Å². The Kier molecular flexibility index (Phi) is 4.80. The largest absolute Gasteiger partial charge is 0.454 e. The van der Waals surface area contributed by atoms with Crippen molar-refractivity contribution in [3.63, 3.8) is 0 Å². The molecule has 0 spiro atoms. The van der Waals surface area contributed by atoms with Gasteiger partial charge in [0.15, 0.2) is 11.5 Å². The first-order valence-corrected chi connectivity index (χ1v) is 10.3. The molecule has 30 heavy (non-hydrogen) atoms. The van der Waals surface area contributed by atoms with Crippen LogP contribution in [-0.2, 0) is 11.3 Å². The summed E-state index contributed by atoms with van der Waals surface area (Å²) < 4.78 is 16.4. The summed E-state index contributed by atoms with van der Waals surface area (Å²) >= 11 is 1.22. The molecule has 2 aromatic heterocycles. The van der Waals surface area contributed by atoms with E-state index in [1.165, 1.54) is 11.8 Å². The van der Waals surface area contributed by atoms with Gasteiger partial charge >= 0.3 is 0 Å². The minimum absolute atomic E-state index is 0.121. The number of hydrogen-bond acceptors (Lipinski definition) is 7. The number of hydrogen-bond donors (Lipinski definition) is 2. The molecule has 1 atom stereocenters. The minimum Gasteiger partial charge on any atom is -0.454 e. The van der Waals surface area contributed by atoms with Gasteiger partial charge in [-0.05, 0) is 30.7 Å². The molecule has 0 bridgehead atoms.